The quantitative estimate of drug-likeness (QED) is 0.603. The highest BCUT2D eigenvalue weighted by molar-refractivity contribution is 7.21. The van der Waals surface area contributed by atoms with Crippen molar-refractivity contribution in [3.63, 3.8) is 0 Å². The number of carbonyl (C=O) groups excluding carboxylic acids is 1. The van der Waals surface area contributed by atoms with Crippen molar-refractivity contribution in [1.82, 2.24) is 0 Å². The SMILES string of the molecule is CCCc1ccc(C(=O)c2cc3cc(F)ccc3s2)cc1. The van der Waals surface area contributed by atoms with Crippen LogP contribution in [-0.2, 0) is 6.42 Å². The van der Waals surface area contributed by atoms with Crippen molar-refractivity contribution in [2.24, 2.45) is 0 Å². The van der Waals surface area contributed by atoms with Gasteiger partial charge < -0.3 is 0 Å². The number of hydrogen-bond acceptors (Lipinski definition) is 2. The van der Waals surface area contributed by atoms with Gasteiger partial charge in [0.05, 0.1) is 4.88 Å². The molecule has 1 heterocycles. The topological polar surface area (TPSA) is 17.1 Å². The number of ketones is 1. The van der Waals surface area contributed by atoms with E-state index in [-0.39, 0.29) is 11.6 Å². The van der Waals surface area contributed by atoms with Gasteiger partial charge in [-0.05, 0) is 41.6 Å². The number of fused-ring (bicyclic) bond motifs is 1. The van der Waals surface area contributed by atoms with E-state index in [1.54, 1.807) is 12.1 Å². The molecule has 1 aromatic heterocycles. The number of aryl methyl sites for hydroxylation is 1. The smallest absolute Gasteiger partial charge is 0.202 e. The number of halogens is 1. The van der Waals surface area contributed by atoms with Crippen molar-refractivity contribution in [1.29, 1.82) is 0 Å². The van der Waals surface area contributed by atoms with E-state index in [2.05, 4.69) is 6.92 Å². The van der Waals surface area contributed by atoms with Gasteiger partial charge in [-0.3, -0.25) is 4.79 Å². The van der Waals surface area contributed by atoms with E-state index < -0.39 is 0 Å². The maximum absolute atomic E-state index is 13.2. The van der Waals surface area contributed by atoms with Crippen LogP contribution < -0.4 is 0 Å². The third kappa shape index (κ3) is 2.88. The summed E-state index contributed by atoms with van der Waals surface area (Å²) >= 11 is 1.41. The minimum Gasteiger partial charge on any atom is -0.288 e. The number of rotatable bonds is 4. The number of benzene rings is 2. The van der Waals surface area contributed by atoms with Crippen molar-refractivity contribution in [3.8, 4) is 0 Å². The van der Waals surface area contributed by atoms with Gasteiger partial charge in [0.2, 0.25) is 5.78 Å². The first-order valence-corrected chi connectivity index (χ1v) is 7.82. The van der Waals surface area contributed by atoms with E-state index in [4.69, 9.17) is 0 Å². The highest BCUT2D eigenvalue weighted by Crippen LogP contribution is 2.28. The number of thiophene rings is 1. The molecular weight excluding hydrogens is 283 g/mol. The molecule has 0 spiro atoms. The van der Waals surface area contributed by atoms with Crippen LogP contribution in [0.5, 0.6) is 0 Å². The second-order valence-electron chi connectivity index (χ2n) is 5.07. The molecule has 2 aromatic carbocycles. The lowest BCUT2D eigenvalue weighted by Gasteiger charge is -2.01. The largest absolute Gasteiger partial charge is 0.288 e. The van der Waals surface area contributed by atoms with Crippen molar-refractivity contribution >= 4 is 27.2 Å². The van der Waals surface area contributed by atoms with E-state index in [0.717, 1.165) is 22.9 Å². The first-order valence-electron chi connectivity index (χ1n) is 7.00. The maximum Gasteiger partial charge on any atom is 0.202 e. The number of hydrogen-bond donors (Lipinski definition) is 0. The van der Waals surface area contributed by atoms with Crippen LogP contribution >= 0.6 is 11.3 Å². The van der Waals surface area contributed by atoms with Crippen LogP contribution in [0.15, 0.2) is 48.5 Å². The fraction of sp³-hybridized carbons (Fsp3) is 0.167. The Balaban J connectivity index is 1.92. The van der Waals surface area contributed by atoms with Gasteiger partial charge in [0, 0.05) is 10.3 Å². The third-order valence-corrected chi connectivity index (χ3v) is 4.57. The fourth-order valence-electron chi connectivity index (χ4n) is 2.38. The molecule has 0 saturated carbocycles. The molecule has 0 aliphatic heterocycles. The molecule has 3 rings (SSSR count). The van der Waals surface area contributed by atoms with E-state index in [0.29, 0.717) is 10.4 Å². The standard InChI is InChI=1S/C18H15FOS/c1-2-3-12-4-6-13(7-5-12)18(20)17-11-14-10-15(19)8-9-16(14)21-17/h4-11H,2-3H2,1H3. The fourth-order valence-corrected chi connectivity index (χ4v) is 3.38. The Kier molecular flexibility index (Phi) is 3.84. The maximum atomic E-state index is 13.2. The lowest BCUT2D eigenvalue weighted by Crippen LogP contribution is -1.98. The van der Waals surface area contributed by atoms with Crippen LogP contribution in [0.25, 0.3) is 10.1 Å². The van der Waals surface area contributed by atoms with Crippen molar-refractivity contribution < 1.29 is 9.18 Å². The second kappa shape index (κ2) is 5.78. The molecule has 0 N–H and O–H groups in total. The van der Waals surface area contributed by atoms with Crippen LogP contribution in [0.1, 0.15) is 34.1 Å². The van der Waals surface area contributed by atoms with Gasteiger partial charge >= 0.3 is 0 Å². The van der Waals surface area contributed by atoms with E-state index in [9.17, 15) is 9.18 Å². The predicted molar refractivity (Wildman–Crippen MR) is 85.7 cm³/mol. The summed E-state index contributed by atoms with van der Waals surface area (Å²) in [5, 5.41) is 0.783. The van der Waals surface area contributed by atoms with Gasteiger partial charge in [-0.15, -0.1) is 11.3 Å². The van der Waals surface area contributed by atoms with Gasteiger partial charge in [0.1, 0.15) is 5.82 Å². The monoisotopic (exact) mass is 298 g/mol. The Bertz CT molecular complexity index is 787. The Labute approximate surface area is 127 Å². The molecule has 1 nitrogen and oxygen atoms in total. The zero-order valence-corrected chi connectivity index (χ0v) is 12.5. The molecule has 0 aliphatic carbocycles. The Morgan fingerprint density at radius 2 is 1.86 bits per heavy atom. The molecular formula is C18H15FOS. The van der Waals surface area contributed by atoms with E-state index >= 15 is 0 Å². The van der Waals surface area contributed by atoms with Crippen LogP contribution in [0.2, 0.25) is 0 Å². The summed E-state index contributed by atoms with van der Waals surface area (Å²) in [4.78, 5) is 13.1. The van der Waals surface area contributed by atoms with Gasteiger partial charge in [0.25, 0.3) is 0 Å². The Morgan fingerprint density at radius 3 is 2.57 bits per heavy atom. The molecule has 3 heteroatoms. The zero-order valence-electron chi connectivity index (χ0n) is 11.7. The van der Waals surface area contributed by atoms with E-state index in [1.165, 1.54) is 29.0 Å². The van der Waals surface area contributed by atoms with Crippen LogP contribution in [0.4, 0.5) is 4.39 Å². The molecule has 0 aliphatic rings. The molecule has 0 radical (unpaired) electrons. The van der Waals surface area contributed by atoms with Gasteiger partial charge in [0.15, 0.2) is 0 Å². The van der Waals surface area contributed by atoms with Crippen molar-refractivity contribution in [2.75, 3.05) is 0 Å². The van der Waals surface area contributed by atoms with Gasteiger partial charge in [-0.25, -0.2) is 4.39 Å². The average molecular weight is 298 g/mol. The molecule has 0 unspecified atom stereocenters. The summed E-state index contributed by atoms with van der Waals surface area (Å²) < 4.78 is 14.1. The minimum absolute atomic E-state index is 0.000318. The predicted octanol–water partition coefficient (Wildman–Crippen LogP) is 5.22. The summed E-state index contributed by atoms with van der Waals surface area (Å²) in [6, 6.07) is 14.1. The number of carbonyl (C=O) groups is 1. The highest BCUT2D eigenvalue weighted by atomic mass is 32.1. The normalized spacial score (nSPS) is 11.0. The molecule has 0 fully saturated rings. The first kappa shape index (κ1) is 14.0. The van der Waals surface area contributed by atoms with Gasteiger partial charge in [-0.1, -0.05) is 37.6 Å². The lowest BCUT2D eigenvalue weighted by molar-refractivity contribution is 0.104. The summed E-state index contributed by atoms with van der Waals surface area (Å²) in [5.41, 5.74) is 1.93. The lowest BCUT2D eigenvalue weighted by atomic mass is 10.0. The summed E-state index contributed by atoms with van der Waals surface area (Å²) in [5.74, 6) is -0.275. The van der Waals surface area contributed by atoms with Gasteiger partial charge in [-0.2, -0.15) is 0 Å². The first-order chi connectivity index (χ1) is 10.2. The zero-order chi connectivity index (χ0) is 14.8. The summed E-state index contributed by atoms with van der Waals surface area (Å²) in [6.07, 6.45) is 2.12. The average Bonchev–Trinajstić information content (AvgIpc) is 2.90. The molecule has 0 saturated heterocycles. The molecule has 21 heavy (non-hydrogen) atoms. The Morgan fingerprint density at radius 1 is 1.10 bits per heavy atom. The summed E-state index contributed by atoms with van der Waals surface area (Å²) in [7, 11) is 0. The second-order valence-corrected chi connectivity index (χ2v) is 6.15. The highest BCUT2D eigenvalue weighted by Gasteiger charge is 2.13. The molecule has 3 aromatic rings. The Hall–Kier alpha value is -2.00. The van der Waals surface area contributed by atoms with Crippen LogP contribution in [-0.4, -0.2) is 5.78 Å². The van der Waals surface area contributed by atoms with Crippen molar-refractivity contribution in [3.05, 3.63) is 70.4 Å². The van der Waals surface area contributed by atoms with Crippen molar-refractivity contribution in [2.45, 2.75) is 19.8 Å². The van der Waals surface area contributed by atoms with Crippen LogP contribution in [0.3, 0.4) is 0 Å². The molecule has 0 bridgehead atoms. The molecule has 0 atom stereocenters. The van der Waals surface area contributed by atoms with Crippen LogP contribution in [0, 0.1) is 5.82 Å². The summed E-state index contributed by atoms with van der Waals surface area (Å²) in [6.45, 7) is 2.13. The van der Waals surface area contributed by atoms with E-state index in [1.807, 2.05) is 24.3 Å². The third-order valence-electron chi connectivity index (χ3n) is 3.46. The minimum atomic E-state index is -0.275. The molecule has 106 valence electrons. The molecule has 0 amide bonds.